The van der Waals surface area contributed by atoms with Crippen molar-refractivity contribution in [2.45, 2.75) is 12.5 Å². The van der Waals surface area contributed by atoms with E-state index in [4.69, 9.17) is 4.74 Å². The molecule has 0 aromatic heterocycles. The van der Waals surface area contributed by atoms with Crippen molar-refractivity contribution < 1.29 is 4.74 Å². The molecule has 32 valence electrons. The SMILES string of the molecule is COC1(C)C#C1. The first-order chi connectivity index (χ1) is 2.77. The van der Waals surface area contributed by atoms with E-state index >= 15 is 0 Å². The van der Waals surface area contributed by atoms with Crippen molar-refractivity contribution in [3.8, 4) is 11.8 Å². The summed E-state index contributed by atoms with van der Waals surface area (Å²) in [6, 6.07) is 0. The number of rotatable bonds is 1. The number of methoxy groups -OCH3 is 1. The summed E-state index contributed by atoms with van der Waals surface area (Å²) >= 11 is 0. The first-order valence-electron chi connectivity index (χ1n) is 1.86. The fourth-order valence-electron chi connectivity index (χ4n) is 0.190. The summed E-state index contributed by atoms with van der Waals surface area (Å²) in [6.07, 6.45) is 0. The second-order valence-corrected chi connectivity index (χ2v) is 1.49. The Labute approximate surface area is 37.3 Å². The molecule has 0 atom stereocenters. The minimum absolute atomic E-state index is 0.208. The molecule has 0 N–H and O–H groups in total. The zero-order valence-electron chi connectivity index (χ0n) is 3.91. The minimum Gasteiger partial charge on any atom is -0.355 e. The monoisotopic (exact) mass is 82.0 g/mol. The predicted molar refractivity (Wildman–Crippen MR) is 23.2 cm³/mol. The Bertz CT molecular complexity index is 108. The Kier molecular flexibility index (Phi) is 0.476. The van der Waals surface area contributed by atoms with Gasteiger partial charge in [-0.2, -0.15) is 0 Å². The van der Waals surface area contributed by atoms with Gasteiger partial charge in [0, 0.05) is 7.11 Å². The fraction of sp³-hybridized carbons (Fsp3) is 0.600. The lowest BCUT2D eigenvalue weighted by Crippen LogP contribution is -2.08. The number of hydrogen-bond donors (Lipinski definition) is 0. The number of hydrogen-bond acceptors (Lipinski definition) is 1. The van der Waals surface area contributed by atoms with Crippen LogP contribution in [0.4, 0.5) is 0 Å². The predicted octanol–water partition coefficient (Wildman–Crippen LogP) is 0.408. The molecule has 1 nitrogen and oxygen atoms in total. The maximum absolute atomic E-state index is 4.83. The molecule has 1 heteroatoms. The van der Waals surface area contributed by atoms with Gasteiger partial charge < -0.3 is 4.74 Å². The van der Waals surface area contributed by atoms with Gasteiger partial charge in [0.1, 0.15) is 0 Å². The average Bonchev–Trinajstić information content (AvgIpc) is 2.22. The third-order valence-corrected chi connectivity index (χ3v) is 0.885. The van der Waals surface area contributed by atoms with Crippen LogP contribution in [-0.2, 0) is 4.74 Å². The van der Waals surface area contributed by atoms with Gasteiger partial charge in [-0.25, -0.2) is 0 Å². The number of ether oxygens (including phenoxy) is 1. The van der Waals surface area contributed by atoms with E-state index in [1.807, 2.05) is 6.92 Å². The summed E-state index contributed by atoms with van der Waals surface area (Å²) in [5.74, 6) is 5.58. The Morgan fingerprint density at radius 1 is 1.50 bits per heavy atom. The molecule has 0 spiro atoms. The molecule has 0 aliphatic heterocycles. The van der Waals surface area contributed by atoms with Gasteiger partial charge in [0.2, 0.25) is 0 Å². The maximum Gasteiger partial charge on any atom is 0.187 e. The minimum atomic E-state index is -0.208. The highest BCUT2D eigenvalue weighted by atomic mass is 16.5. The highest BCUT2D eigenvalue weighted by Crippen LogP contribution is 2.14. The second kappa shape index (κ2) is 0.772. The van der Waals surface area contributed by atoms with Gasteiger partial charge in [0.05, 0.1) is 0 Å². The van der Waals surface area contributed by atoms with Crippen LogP contribution in [-0.4, -0.2) is 12.7 Å². The van der Waals surface area contributed by atoms with Crippen LogP contribution in [0.3, 0.4) is 0 Å². The van der Waals surface area contributed by atoms with Gasteiger partial charge >= 0.3 is 0 Å². The van der Waals surface area contributed by atoms with Crippen LogP contribution in [0.25, 0.3) is 0 Å². The Balaban J connectivity index is 2.34. The normalized spacial score (nSPS) is 21.7. The Morgan fingerprint density at radius 2 is 2.00 bits per heavy atom. The molecule has 1 aliphatic rings. The summed E-state index contributed by atoms with van der Waals surface area (Å²) in [7, 11) is 1.65. The third kappa shape index (κ3) is 0.395. The van der Waals surface area contributed by atoms with E-state index in [1.54, 1.807) is 7.11 Å². The summed E-state index contributed by atoms with van der Waals surface area (Å²) in [6.45, 7) is 1.91. The molecular formula is C5H6O. The van der Waals surface area contributed by atoms with Gasteiger partial charge in [-0.05, 0) is 6.92 Å². The molecule has 0 fully saturated rings. The average molecular weight is 82.1 g/mol. The largest absolute Gasteiger partial charge is 0.355 e. The fourth-order valence-corrected chi connectivity index (χ4v) is 0.190. The molecule has 0 aromatic carbocycles. The molecule has 1 rings (SSSR count). The van der Waals surface area contributed by atoms with E-state index in [0.717, 1.165) is 0 Å². The van der Waals surface area contributed by atoms with Crippen molar-refractivity contribution in [2.75, 3.05) is 7.11 Å². The van der Waals surface area contributed by atoms with Crippen molar-refractivity contribution in [2.24, 2.45) is 0 Å². The quantitative estimate of drug-likeness (QED) is 0.416. The molecule has 0 amide bonds. The van der Waals surface area contributed by atoms with E-state index in [-0.39, 0.29) is 5.60 Å². The lowest BCUT2D eigenvalue weighted by atomic mass is 10.3. The lowest BCUT2D eigenvalue weighted by Gasteiger charge is -1.99. The van der Waals surface area contributed by atoms with E-state index in [1.165, 1.54) is 0 Å². The standard InChI is InChI=1S/C5H6O/c1-5(6-2)3-4-5/h1-2H3. The summed E-state index contributed by atoms with van der Waals surface area (Å²) in [5, 5.41) is 0. The van der Waals surface area contributed by atoms with Crippen molar-refractivity contribution in [1.82, 2.24) is 0 Å². The van der Waals surface area contributed by atoms with Crippen molar-refractivity contribution in [3.05, 3.63) is 0 Å². The molecule has 6 heavy (non-hydrogen) atoms. The van der Waals surface area contributed by atoms with Gasteiger partial charge in [-0.15, -0.1) is 0 Å². The zero-order chi connectivity index (χ0) is 4.62. The van der Waals surface area contributed by atoms with Crippen LogP contribution >= 0.6 is 0 Å². The van der Waals surface area contributed by atoms with Gasteiger partial charge in [-0.3, -0.25) is 0 Å². The molecule has 0 bridgehead atoms. The van der Waals surface area contributed by atoms with Gasteiger partial charge in [-0.1, -0.05) is 11.8 Å². The van der Waals surface area contributed by atoms with Crippen molar-refractivity contribution in [3.63, 3.8) is 0 Å². The first kappa shape index (κ1) is 3.70. The molecule has 0 saturated carbocycles. The van der Waals surface area contributed by atoms with E-state index in [0.29, 0.717) is 0 Å². The van der Waals surface area contributed by atoms with E-state index < -0.39 is 0 Å². The van der Waals surface area contributed by atoms with Crippen LogP contribution in [0.15, 0.2) is 0 Å². The molecular weight excluding hydrogens is 76.1 g/mol. The van der Waals surface area contributed by atoms with E-state index in [9.17, 15) is 0 Å². The zero-order valence-corrected chi connectivity index (χ0v) is 3.91. The van der Waals surface area contributed by atoms with Gasteiger partial charge in [0.15, 0.2) is 5.60 Å². The molecule has 0 saturated heterocycles. The highest BCUT2D eigenvalue weighted by Gasteiger charge is 2.25. The Hall–Kier alpha value is -0.480. The van der Waals surface area contributed by atoms with Crippen LogP contribution in [0.5, 0.6) is 0 Å². The molecule has 0 unspecified atom stereocenters. The van der Waals surface area contributed by atoms with Crippen molar-refractivity contribution >= 4 is 0 Å². The second-order valence-electron chi connectivity index (χ2n) is 1.49. The van der Waals surface area contributed by atoms with Crippen molar-refractivity contribution in [1.29, 1.82) is 0 Å². The van der Waals surface area contributed by atoms with E-state index in [2.05, 4.69) is 11.8 Å². The summed E-state index contributed by atoms with van der Waals surface area (Å²) in [5.41, 5.74) is -0.208. The van der Waals surface area contributed by atoms with Crippen LogP contribution in [0, 0.1) is 11.8 Å². The van der Waals surface area contributed by atoms with Gasteiger partial charge in [0.25, 0.3) is 0 Å². The topological polar surface area (TPSA) is 9.23 Å². The first-order valence-corrected chi connectivity index (χ1v) is 1.86. The third-order valence-electron chi connectivity index (χ3n) is 0.885. The summed E-state index contributed by atoms with van der Waals surface area (Å²) in [4.78, 5) is 0. The van der Waals surface area contributed by atoms with Crippen LogP contribution in [0.1, 0.15) is 6.92 Å². The molecule has 0 heterocycles. The molecule has 0 radical (unpaired) electrons. The maximum atomic E-state index is 4.83. The van der Waals surface area contributed by atoms with Crippen LogP contribution < -0.4 is 0 Å². The highest BCUT2D eigenvalue weighted by molar-refractivity contribution is 5.42. The smallest absolute Gasteiger partial charge is 0.187 e. The molecule has 1 aliphatic carbocycles. The Morgan fingerprint density at radius 3 is 2.00 bits per heavy atom. The summed E-state index contributed by atoms with van der Waals surface area (Å²) < 4.78 is 4.83. The van der Waals surface area contributed by atoms with Crippen LogP contribution in [0.2, 0.25) is 0 Å². The lowest BCUT2D eigenvalue weighted by molar-refractivity contribution is 0.126. The molecule has 0 aromatic rings.